The van der Waals surface area contributed by atoms with E-state index in [2.05, 4.69) is 0 Å². The van der Waals surface area contributed by atoms with Gasteiger partial charge in [-0.05, 0) is 26.0 Å². The van der Waals surface area contributed by atoms with Gasteiger partial charge in [0.25, 0.3) is 5.91 Å². The third-order valence-corrected chi connectivity index (χ3v) is 2.26. The molecule has 17 heavy (non-hydrogen) atoms. The van der Waals surface area contributed by atoms with E-state index < -0.39 is 11.9 Å². The number of amides is 1. The Morgan fingerprint density at radius 1 is 1.47 bits per heavy atom. The Kier molecular flexibility index (Phi) is 4.28. The molecule has 1 heterocycles. The molecule has 94 valence electrons. The van der Waals surface area contributed by atoms with Crippen molar-refractivity contribution in [1.82, 2.24) is 4.90 Å². The van der Waals surface area contributed by atoms with Crippen molar-refractivity contribution in [3.05, 3.63) is 23.7 Å². The summed E-state index contributed by atoms with van der Waals surface area (Å²) in [7, 11) is 0. The first-order valence-electron chi connectivity index (χ1n) is 5.27. The minimum atomic E-state index is -1.06. The molecular weight excluding hydrogens is 224 g/mol. The third kappa shape index (κ3) is 3.32. The van der Waals surface area contributed by atoms with Gasteiger partial charge in [0.2, 0.25) is 0 Å². The van der Waals surface area contributed by atoms with Crippen LogP contribution in [0.25, 0.3) is 0 Å². The molecule has 1 aromatic heterocycles. The molecule has 6 nitrogen and oxygen atoms in total. The molecular formula is C11H16N2O4. The van der Waals surface area contributed by atoms with Crippen molar-refractivity contribution in [3.8, 4) is 0 Å². The average Bonchev–Trinajstić information content (AvgIpc) is 2.72. The van der Waals surface area contributed by atoms with Crippen molar-refractivity contribution in [2.75, 3.05) is 6.54 Å². The van der Waals surface area contributed by atoms with Gasteiger partial charge in [0, 0.05) is 6.04 Å². The molecule has 0 aliphatic rings. The lowest BCUT2D eigenvalue weighted by atomic mass is 10.2. The predicted octanol–water partition coefficient (Wildman–Crippen LogP) is 0.674. The summed E-state index contributed by atoms with van der Waals surface area (Å²) in [4.78, 5) is 23.9. The Balaban J connectivity index is 2.87. The number of carbonyl (C=O) groups excluding carboxylic acids is 1. The fourth-order valence-corrected chi connectivity index (χ4v) is 1.38. The third-order valence-electron chi connectivity index (χ3n) is 2.26. The number of rotatable bonds is 5. The molecule has 0 aromatic carbocycles. The van der Waals surface area contributed by atoms with Gasteiger partial charge in [-0.1, -0.05) is 0 Å². The topological polar surface area (TPSA) is 96.8 Å². The quantitative estimate of drug-likeness (QED) is 0.788. The van der Waals surface area contributed by atoms with Gasteiger partial charge >= 0.3 is 5.97 Å². The Labute approximate surface area is 99.0 Å². The van der Waals surface area contributed by atoms with E-state index in [9.17, 15) is 9.59 Å². The normalized spacial score (nSPS) is 10.6. The second-order valence-corrected chi connectivity index (χ2v) is 3.89. The zero-order valence-electron chi connectivity index (χ0n) is 9.84. The van der Waals surface area contributed by atoms with Crippen molar-refractivity contribution in [3.63, 3.8) is 0 Å². The molecule has 0 saturated heterocycles. The standard InChI is InChI=1S/C11H16N2O4/c1-7(2)13(6-10(14)15)11(16)9-4-3-8(5-12)17-9/h3-4,7H,5-6,12H2,1-2H3,(H,14,15). The van der Waals surface area contributed by atoms with E-state index in [1.807, 2.05) is 0 Å². The fraction of sp³-hybridized carbons (Fsp3) is 0.455. The Bertz CT molecular complexity index is 411. The van der Waals surface area contributed by atoms with E-state index in [1.54, 1.807) is 19.9 Å². The minimum absolute atomic E-state index is 0.111. The molecule has 1 aromatic rings. The summed E-state index contributed by atoms with van der Waals surface area (Å²) in [5.41, 5.74) is 5.37. The summed E-state index contributed by atoms with van der Waals surface area (Å²) in [5.74, 6) is -0.896. The van der Waals surface area contributed by atoms with E-state index >= 15 is 0 Å². The number of hydrogen-bond donors (Lipinski definition) is 2. The van der Waals surface area contributed by atoms with Gasteiger partial charge in [0.15, 0.2) is 5.76 Å². The maximum Gasteiger partial charge on any atom is 0.323 e. The van der Waals surface area contributed by atoms with Gasteiger partial charge in [-0.2, -0.15) is 0 Å². The molecule has 1 rings (SSSR count). The van der Waals surface area contributed by atoms with E-state index in [0.717, 1.165) is 0 Å². The molecule has 1 amide bonds. The smallest absolute Gasteiger partial charge is 0.323 e. The number of furan rings is 1. The number of nitrogens with zero attached hydrogens (tertiary/aromatic N) is 1. The maximum absolute atomic E-state index is 12.0. The van der Waals surface area contributed by atoms with Crippen LogP contribution >= 0.6 is 0 Å². The molecule has 0 unspecified atom stereocenters. The minimum Gasteiger partial charge on any atom is -0.480 e. The number of hydrogen-bond acceptors (Lipinski definition) is 4. The molecule has 6 heteroatoms. The average molecular weight is 240 g/mol. The zero-order valence-corrected chi connectivity index (χ0v) is 9.84. The molecule has 0 aliphatic heterocycles. The summed E-state index contributed by atoms with van der Waals surface area (Å²) in [6.45, 7) is 3.34. The van der Waals surface area contributed by atoms with Crippen molar-refractivity contribution < 1.29 is 19.1 Å². The van der Waals surface area contributed by atoms with E-state index in [1.165, 1.54) is 11.0 Å². The van der Waals surface area contributed by atoms with Gasteiger partial charge in [0.05, 0.1) is 6.54 Å². The molecule has 3 N–H and O–H groups in total. The van der Waals surface area contributed by atoms with Crippen LogP contribution in [0.15, 0.2) is 16.5 Å². The van der Waals surface area contributed by atoms with Gasteiger partial charge in [-0.25, -0.2) is 0 Å². The molecule has 0 aliphatic carbocycles. The summed E-state index contributed by atoms with van der Waals surface area (Å²) >= 11 is 0. The highest BCUT2D eigenvalue weighted by molar-refractivity contribution is 5.93. The first kappa shape index (κ1) is 13.2. The number of carbonyl (C=O) groups is 2. The van der Waals surface area contributed by atoms with Crippen LogP contribution in [0.1, 0.15) is 30.2 Å². The van der Waals surface area contributed by atoms with Crippen LogP contribution in [0.3, 0.4) is 0 Å². The van der Waals surface area contributed by atoms with Gasteiger partial charge in [-0.3, -0.25) is 9.59 Å². The monoisotopic (exact) mass is 240 g/mol. The lowest BCUT2D eigenvalue weighted by molar-refractivity contribution is -0.138. The SMILES string of the molecule is CC(C)N(CC(=O)O)C(=O)c1ccc(CN)o1. The van der Waals surface area contributed by atoms with Crippen molar-refractivity contribution in [2.45, 2.75) is 26.4 Å². The lowest BCUT2D eigenvalue weighted by Gasteiger charge is -2.23. The van der Waals surface area contributed by atoms with Crippen LogP contribution in [0.5, 0.6) is 0 Å². The van der Waals surface area contributed by atoms with Crippen LogP contribution in [0.4, 0.5) is 0 Å². The Morgan fingerprint density at radius 2 is 2.12 bits per heavy atom. The highest BCUT2D eigenvalue weighted by Crippen LogP contribution is 2.12. The summed E-state index contributed by atoms with van der Waals surface area (Å²) in [6.07, 6.45) is 0. The van der Waals surface area contributed by atoms with Crippen molar-refractivity contribution in [2.24, 2.45) is 5.73 Å². The molecule has 0 radical (unpaired) electrons. The second-order valence-electron chi connectivity index (χ2n) is 3.89. The number of nitrogens with two attached hydrogens (primary N) is 1. The van der Waals surface area contributed by atoms with E-state index in [0.29, 0.717) is 5.76 Å². The second kappa shape index (κ2) is 5.49. The first-order valence-corrected chi connectivity index (χ1v) is 5.27. The summed E-state index contributed by atoms with van der Waals surface area (Å²) in [5, 5.41) is 8.74. The summed E-state index contributed by atoms with van der Waals surface area (Å²) in [6, 6.07) is 2.89. The molecule has 0 spiro atoms. The highest BCUT2D eigenvalue weighted by Gasteiger charge is 2.23. The first-order chi connectivity index (χ1) is 7.95. The van der Waals surface area contributed by atoms with Crippen LogP contribution in [-0.4, -0.2) is 34.5 Å². The molecule has 0 atom stereocenters. The van der Waals surface area contributed by atoms with Crippen LogP contribution in [0, 0.1) is 0 Å². The van der Waals surface area contributed by atoms with Crippen molar-refractivity contribution in [1.29, 1.82) is 0 Å². The maximum atomic E-state index is 12.0. The highest BCUT2D eigenvalue weighted by atomic mass is 16.4. The van der Waals surface area contributed by atoms with Crippen LogP contribution < -0.4 is 5.73 Å². The summed E-state index contributed by atoms with van der Waals surface area (Å²) < 4.78 is 5.20. The fourth-order valence-electron chi connectivity index (χ4n) is 1.38. The zero-order chi connectivity index (χ0) is 13.0. The van der Waals surface area contributed by atoms with E-state index in [4.69, 9.17) is 15.3 Å². The molecule has 0 fully saturated rings. The number of aliphatic carboxylic acids is 1. The lowest BCUT2D eigenvalue weighted by Crippen LogP contribution is -2.40. The van der Waals surface area contributed by atoms with Gasteiger partial charge in [-0.15, -0.1) is 0 Å². The van der Waals surface area contributed by atoms with E-state index in [-0.39, 0.29) is 24.9 Å². The van der Waals surface area contributed by atoms with Gasteiger partial charge in [0.1, 0.15) is 12.3 Å². The molecule has 0 bridgehead atoms. The Morgan fingerprint density at radius 3 is 2.53 bits per heavy atom. The number of carboxylic acids is 1. The predicted molar refractivity (Wildman–Crippen MR) is 60.4 cm³/mol. The Hall–Kier alpha value is -1.82. The van der Waals surface area contributed by atoms with Gasteiger partial charge < -0.3 is 20.2 Å². The van der Waals surface area contributed by atoms with Crippen LogP contribution in [0.2, 0.25) is 0 Å². The van der Waals surface area contributed by atoms with Crippen molar-refractivity contribution >= 4 is 11.9 Å². The number of carboxylic acid groups (broad SMARTS) is 1. The molecule has 0 saturated carbocycles. The largest absolute Gasteiger partial charge is 0.480 e. The van der Waals surface area contributed by atoms with Crippen LogP contribution in [-0.2, 0) is 11.3 Å².